The number of carbonyl (C=O) groups is 1. The summed E-state index contributed by atoms with van der Waals surface area (Å²) in [5.41, 5.74) is 9.27. The molecule has 0 aliphatic rings. The van der Waals surface area contributed by atoms with E-state index in [-0.39, 0.29) is 6.04 Å². The van der Waals surface area contributed by atoms with E-state index in [1.165, 1.54) is 12.8 Å². The van der Waals surface area contributed by atoms with Gasteiger partial charge in [-0.25, -0.2) is 0 Å². The van der Waals surface area contributed by atoms with E-state index in [2.05, 4.69) is 92.0 Å². The Balaban J connectivity index is 2.13. The van der Waals surface area contributed by atoms with Crippen molar-refractivity contribution in [1.29, 1.82) is 0 Å². The zero-order valence-corrected chi connectivity index (χ0v) is 25.2. The number of allylic oxidation sites excluding steroid dienone is 1. The van der Waals surface area contributed by atoms with Gasteiger partial charge in [0.25, 0.3) is 0 Å². The molecule has 40 heavy (non-hydrogen) atoms. The van der Waals surface area contributed by atoms with Gasteiger partial charge in [0.2, 0.25) is 6.41 Å². The number of rotatable bonds is 19. The maximum absolute atomic E-state index is 10.7. The highest BCUT2D eigenvalue weighted by Gasteiger charge is 2.19. The number of aromatic nitrogens is 1. The molecular weight excluding hydrogens is 496 g/mol. The lowest BCUT2D eigenvalue weighted by Crippen LogP contribution is -2.33. The first kappa shape index (κ1) is 32.6. The molecule has 0 aliphatic carbocycles. The van der Waals surface area contributed by atoms with Crippen molar-refractivity contribution in [1.82, 2.24) is 20.5 Å². The third-order valence-corrected chi connectivity index (χ3v) is 7.31. The Hall–Kier alpha value is -3.61. The lowest BCUT2D eigenvalue weighted by molar-refractivity contribution is -0.109. The van der Waals surface area contributed by atoms with E-state index < -0.39 is 0 Å². The second-order valence-electron chi connectivity index (χ2n) is 11.8. The number of benzene rings is 1. The van der Waals surface area contributed by atoms with Crippen LogP contribution in [0.25, 0.3) is 23.9 Å². The number of hydrogen-bond donors (Lipinski definition) is 5. The predicted molar refractivity (Wildman–Crippen MR) is 173 cm³/mol. The van der Waals surface area contributed by atoms with E-state index in [9.17, 15) is 4.79 Å². The number of amides is 1. The van der Waals surface area contributed by atoms with E-state index in [1.54, 1.807) is 6.20 Å². The van der Waals surface area contributed by atoms with Crippen molar-refractivity contribution >= 4 is 36.0 Å². The van der Waals surface area contributed by atoms with Crippen molar-refractivity contribution in [3.05, 3.63) is 65.8 Å². The fourth-order valence-corrected chi connectivity index (χ4v) is 5.22. The highest BCUT2D eigenvalue weighted by molar-refractivity contribution is 5.94. The maximum atomic E-state index is 10.7. The topological polar surface area (TPSA) is 96.1 Å². The second-order valence-corrected chi connectivity index (χ2v) is 11.8. The summed E-state index contributed by atoms with van der Waals surface area (Å²) in [6.07, 6.45) is 10.6. The highest BCUT2D eigenvalue weighted by Crippen LogP contribution is 2.25. The average molecular weight is 549 g/mol. The SMILES string of the molecule is C=CNC(=C)C(CCC)n1c(=C)c2cccc(NC/C(N)=C/NCC(CCCC(C)(C)C)CCNC=O)c2c1=C. The molecule has 0 spiro atoms. The van der Waals surface area contributed by atoms with Crippen molar-refractivity contribution < 1.29 is 4.79 Å². The molecule has 2 atom stereocenters. The van der Waals surface area contributed by atoms with Crippen molar-refractivity contribution in [2.75, 3.05) is 25.0 Å². The molecule has 7 nitrogen and oxygen atoms in total. The third-order valence-electron chi connectivity index (χ3n) is 7.31. The van der Waals surface area contributed by atoms with Crippen LogP contribution in [-0.2, 0) is 4.79 Å². The molecule has 2 unspecified atom stereocenters. The van der Waals surface area contributed by atoms with Crippen LogP contribution in [0.2, 0.25) is 0 Å². The maximum Gasteiger partial charge on any atom is 0.207 e. The summed E-state index contributed by atoms with van der Waals surface area (Å²) in [7, 11) is 0. The van der Waals surface area contributed by atoms with Gasteiger partial charge in [-0.3, -0.25) is 4.79 Å². The molecule has 2 rings (SSSR count). The van der Waals surface area contributed by atoms with Gasteiger partial charge >= 0.3 is 0 Å². The molecule has 0 fully saturated rings. The minimum Gasteiger partial charge on any atom is -0.399 e. The van der Waals surface area contributed by atoms with E-state index in [4.69, 9.17) is 5.73 Å². The molecule has 7 heteroatoms. The van der Waals surface area contributed by atoms with Crippen molar-refractivity contribution in [3.63, 3.8) is 0 Å². The molecule has 1 aromatic heterocycles. The smallest absolute Gasteiger partial charge is 0.207 e. The summed E-state index contributed by atoms with van der Waals surface area (Å²) >= 11 is 0. The fourth-order valence-electron chi connectivity index (χ4n) is 5.22. The lowest BCUT2D eigenvalue weighted by atomic mass is 9.87. The van der Waals surface area contributed by atoms with E-state index in [0.29, 0.717) is 30.1 Å². The molecule has 1 heterocycles. The summed E-state index contributed by atoms with van der Waals surface area (Å²) in [6.45, 7) is 27.9. The van der Waals surface area contributed by atoms with E-state index in [0.717, 1.165) is 71.5 Å². The average Bonchev–Trinajstić information content (AvgIpc) is 3.15. The largest absolute Gasteiger partial charge is 0.399 e. The van der Waals surface area contributed by atoms with Crippen LogP contribution in [-0.4, -0.2) is 30.6 Å². The monoisotopic (exact) mass is 548 g/mol. The van der Waals surface area contributed by atoms with E-state index in [1.807, 2.05) is 12.3 Å². The molecule has 1 amide bonds. The van der Waals surface area contributed by atoms with Crippen molar-refractivity contribution in [2.24, 2.45) is 17.1 Å². The Morgan fingerprint density at radius 1 is 1.12 bits per heavy atom. The van der Waals surface area contributed by atoms with Crippen LogP contribution < -0.4 is 37.7 Å². The number of fused-ring (bicyclic) bond motifs is 1. The van der Waals surface area contributed by atoms with Crippen LogP contribution >= 0.6 is 0 Å². The molecule has 6 N–H and O–H groups in total. The van der Waals surface area contributed by atoms with Gasteiger partial charge in [-0.05, 0) is 49.3 Å². The van der Waals surface area contributed by atoms with Gasteiger partial charge in [-0.2, -0.15) is 0 Å². The van der Waals surface area contributed by atoms with Crippen LogP contribution in [0.15, 0.2) is 55.2 Å². The van der Waals surface area contributed by atoms with Crippen molar-refractivity contribution in [2.45, 2.75) is 72.3 Å². The Labute approximate surface area is 241 Å². The van der Waals surface area contributed by atoms with Crippen LogP contribution in [0.5, 0.6) is 0 Å². The standard InChI is InChI=1S/C33H52N6O/c1-9-13-31(24(3)37-10-2)39-25(4)29-15-11-16-30(32(29)26(39)5)38-22-28(34)21-36-20-27(17-19-35-23-40)14-12-18-33(6,7)8/h10-11,15-16,21,23,27,31,36-38H,2-5,9,12-14,17-20,22,34H2,1,6-8H3,(H,35,40)/b28-21-. The number of nitrogens with one attached hydrogen (secondary N) is 4. The quantitative estimate of drug-likeness (QED) is 0.128. The molecule has 0 saturated heterocycles. The number of anilines is 1. The summed E-state index contributed by atoms with van der Waals surface area (Å²) in [5, 5.41) is 16.8. The molecule has 1 aromatic carbocycles. The minimum atomic E-state index is 0.0236. The number of nitrogens with two attached hydrogens (primary N) is 1. The summed E-state index contributed by atoms with van der Waals surface area (Å²) in [6, 6.07) is 6.19. The van der Waals surface area contributed by atoms with Crippen molar-refractivity contribution in [3.8, 4) is 0 Å². The molecule has 220 valence electrons. The van der Waals surface area contributed by atoms with Gasteiger partial charge in [0, 0.05) is 57.8 Å². The van der Waals surface area contributed by atoms with Gasteiger partial charge in [0.1, 0.15) is 0 Å². The highest BCUT2D eigenvalue weighted by atomic mass is 16.1. The van der Waals surface area contributed by atoms with Gasteiger partial charge in [-0.1, -0.05) is 79.0 Å². The predicted octanol–water partition coefficient (Wildman–Crippen LogP) is 4.82. The first-order valence-electron chi connectivity index (χ1n) is 14.5. The summed E-state index contributed by atoms with van der Waals surface area (Å²) in [5.74, 6) is 0.464. The summed E-state index contributed by atoms with van der Waals surface area (Å²) in [4.78, 5) is 10.7. The number of hydrogen-bond acceptors (Lipinski definition) is 5. The fraction of sp³-hybridized carbons (Fsp3) is 0.485. The Bertz CT molecular complexity index is 1250. The molecule has 0 aliphatic heterocycles. The van der Waals surface area contributed by atoms with Gasteiger partial charge in [0.05, 0.1) is 12.6 Å². The van der Waals surface area contributed by atoms with Crippen LogP contribution in [0.1, 0.15) is 72.3 Å². The first-order valence-corrected chi connectivity index (χ1v) is 14.5. The zero-order valence-electron chi connectivity index (χ0n) is 25.2. The van der Waals surface area contributed by atoms with Gasteiger partial charge < -0.3 is 31.6 Å². The Morgan fingerprint density at radius 2 is 1.88 bits per heavy atom. The van der Waals surface area contributed by atoms with Crippen LogP contribution in [0.3, 0.4) is 0 Å². The van der Waals surface area contributed by atoms with Crippen LogP contribution in [0, 0.1) is 11.3 Å². The number of carbonyl (C=O) groups excluding carboxylic acids is 1. The summed E-state index contributed by atoms with van der Waals surface area (Å²) < 4.78 is 2.18. The molecular formula is C33H52N6O. The van der Waals surface area contributed by atoms with E-state index >= 15 is 0 Å². The first-order chi connectivity index (χ1) is 19.0. The molecule has 0 radical (unpaired) electrons. The Kier molecular flexibility index (Phi) is 12.9. The molecule has 0 saturated carbocycles. The minimum absolute atomic E-state index is 0.0236. The third kappa shape index (κ3) is 9.54. The Morgan fingerprint density at radius 3 is 2.52 bits per heavy atom. The zero-order chi connectivity index (χ0) is 29.7. The van der Waals surface area contributed by atoms with Gasteiger partial charge in [-0.15, -0.1) is 0 Å². The van der Waals surface area contributed by atoms with Gasteiger partial charge in [0.15, 0.2) is 0 Å². The molecule has 2 aromatic rings. The number of nitrogens with zero attached hydrogens (tertiary/aromatic N) is 1. The normalized spacial score (nSPS) is 13.4. The molecule has 0 bridgehead atoms. The lowest BCUT2D eigenvalue weighted by Gasteiger charge is -2.22. The second kappa shape index (κ2) is 15.8. The van der Waals surface area contributed by atoms with Crippen LogP contribution in [0.4, 0.5) is 5.69 Å².